The molecule has 2 N–H and O–H groups in total. The molecule has 0 aliphatic rings. The van der Waals surface area contributed by atoms with E-state index >= 15 is 0 Å². The summed E-state index contributed by atoms with van der Waals surface area (Å²) >= 11 is 0. The van der Waals surface area contributed by atoms with Crippen LogP contribution in [0, 0.1) is 0 Å². The van der Waals surface area contributed by atoms with Gasteiger partial charge in [-0.05, 0) is 38.2 Å². The van der Waals surface area contributed by atoms with Crippen molar-refractivity contribution in [3.05, 3.63) is 30.1 Å². The monoisotopic (exact) mass is 260 g/mol. The van der Waals surface area contributed by atoms with Gasteiger partial charge in [0.15, 0.2) is 0 Å². The maximum Gasteiger partial charge on any atom is 0.124 e. The molecule has 104 valence electrons. The van der Waals surface area contributed by atoms with Crippen LogP contribution in [0.1, 0.15) is 26.1 Å². The molecule has 2 rings (SSSR count). The number of aryl methyl sites for hydroxylation is 1. The highest BCUT2D eigenvalue weighted by atomic mass is 15.2. The third-order valence-corrected chi connectivity index (χ3v) is 3.58. The quantitative estimate of drug-likeness (QED) is 0.830. The van der Waals surface area contributed by atoms with Gasteiger partial charge in [0.05, 0.1) is 17.6 Å². The zero-order valence-corrected chi connectivity index (χ0v) is 12.0. The molecule has 1 heterocycles. The minimum absolute atomic E-state index is 0.719. The van der Waals surface area contributed by atoms with Gasteiger partial charge in [-0.3, -0.25) is 4.90 Å². The molecule has 0 radical (unpaired) electrons. The third kappa shape index (κ3) is 3.14. The average Bonchev–Trinajstić information content (AvgIpc) is 2.79. The molecule has 0 amide bonds. The van der Waals surface area contributed by atoms with Gasteiger partial charge in [0.1, 0.15) is 5.82 Å². The van der Waals surface area contributed by atoms with Gasteiger partial charge in [-0.2, -0.15) is 0 Å². The Morgan fingerprint density at radius 2 is 1.95 bits per heavy atom. The average molecular weight is 260 g/mol. The fraction of sp³-hybridized carbons (Fsp3) is 0.533. The molecule has 4 heteroatoms. The highest BCUT2D eigenvalue weighted by molar-refractivity contribution is 5.75. The summed E-state index contributed by atoms with van der Waals surface area (Å²) in [6.07, 6.45) is 0.992. The Morgan fingerprint density at radius 1 is 1.21 bits per heavy atom. The zero-order chi connectivity index (χ0) is 13.7. The maximum atomic E-state index is 5.65. The number of fused-ring (bicyclic) bond motifs is 1. The summed E-state index contributed by atoms with van der Waals surface area (Å²) in [5.41, 5.74) is 7.95. The Bertz CT molecular complexity index is 514. The minimum atomic E-state index is 0.719. The summed E-state index contributed by atoms with van der Waals surface area (Å²) in [4.78, 5) is 7.17. The Hall–Kier alpha value is -1.39. The molecule has 2 aromatic rings. The lowest BCUT2D eigenvalue weighted by Gasteiger charge is -2.18. The Kier molecular flexibility index (Phi) is 4.93. The van der Waals surface area contributed by atoms with Crippen LogP contribution in [0.5, 0.6) is 0 Å². The van der Waals surface area contributed by atoms with Crippen molar-refractivity contribution >= 4 is 11.0 Å². The molecular weight excluding hydrogens is 236 g/mol. The van der Waals surface area contributed by atoms with Crippen molar-refractivity contribution in [2.24, 2.45) is 5.73 Å². The van der Waals surface area contributed by atoms with Gasteiger partial charge < -0.3 is 10.3 Å². The van der Waals surface area contributed by atoms with E-state index in [0.29, 0.717) is 0 Å². The highest BCUT2D eigenvalue weighted by Gasteiger charge is 2.12. The minimum Gasteiger partial charge on any atom is -0.330 e. The molecule has 1 aromatic carbocycles. The molecule has 0 saturated heterocycles. The summed E-state index contributed by atoms with van der Waals surface area (Å²) in [5.74, 6) is 1.15. The first kappa shape index (κ1) is 14.0. The van der Waals surface area contributed by atoms with E-state index in [0.717, 1.165) is 50.5 Å². The van der Waals surface area contributed by atoms with Crippen LogP contribution in [-0.2, 0) is 13.1 Å². The molecule has 0 spiro atoms. The van der Waals surface area contributed by atoms with E-state index in [1.165, 1.54) is 5.52 Å². The summed E-state index contributed by atoms with van der Waals surface area (Å²) in [5, 5.41) is 0. The molecule has 0 saturated carbocycles. The lowest BCUT2D eigenvalue weighted by Crippen LogP contribution is -2.24. The van der Waals surface area contributed by atoms with Gasteiger partial charge in [-0.25, -0.2) is 4.98 Å². The fourth-order valence-electron chi connectivity index (χ4n) is 2.39. The van der Waals surface area contributed by atoms with Gasteiger partial charge in [0.25, 0.3) is 0 Å². The van der Waals surface area contributed by atoms with Crippen molar-refractivity contribution < 1.29 is 0 Å². The second kappa shape index (κ2) is 6.68. The normalized spacial score (nSPS) is 11.6. The molecule has 0 aliphatic carbocycles. The number of aromatic nitrogens is 2. The highest BCUT2D eigenvalue weighted by Crippen LogP contribution is 2.17. The number of hydrogen-bond donors (Lipinski definition) is 1. The van der Waals surface area contributed by atoms with E-state index in [1.807, 2.05) is 6.07 Å². The largest absolute Gasteiger partial charge is 0.330 e. The Labute approximate surface area is 115 Å². The summed E-state index contributed by atoms with van der Waals surface area (Å²) in [6, 6.07) is 8.35. The number of nitrogens with two attached hydrogens (primary N) is 1. The molecule has 4 nitrogen and oxygen atoms in total. The predicted octanol–water partition coefficient (Wildman–Crippen LogP) is 2.23. The summed E-state index contributed by atoms with van der Waals surface area (Å²) in [6.45, 7) is 9.07. The van der Waals surface area contributed by atoms with E-state index in [-0.39, 0.29) is 0 Å². The van der Waals surface area contributed by atoms with E-state index < -0.39 is 0 Å². The molecule has 19 heavy (non-hydrogen) atoms. The molecule has 0 fully saturated rings. The van der Waals surface area contributed by atoms with Crippen molar-refractivity contribution in [1.82, 2.24) is 14.5 Å². The van der Waals surface area contributed by atoms with Gasteiger partial charge in [-0.15, -0.1) is 0 Å². The van der Waals surface area contributed by atoms with Gasteiger partial charge in [0.2, 0.25) is 0 Å². The Morgan fingerprint density at radius 3 is 2.63 bits per heavy atom. The Balaban J connectivity index is 2.34. The first-order valence-corrected chi connectivity index (χ1v) is 7.16. The van der Waals surface area contributed by atoms with Crippen molar-refractivity contribution in [3.8, 4) is 0 Å². The standard InChI is InChI=1S/C15H24N4/c1-3-18(4-2)12-15-17-13-8-5-6-9-14(13)19(15)11-7-10-16/h5-6,8-9H,3-4,7,10-12,16H2,1-2H3. The summed E-state index contributed by atoms with van der Waals surface area (Å²) < 4.78 is 2.32. The van der Waals surface area contributed by atoms with Gasteiger partial charge in [-0.1, -0.05) is 26.0 Å². The predicted molar refractivity (Wildman–Crippen MR) is 80.0 cm³/mol. The van der Waals surface area contributed by atoms with Crippen molar-refractivity contribution in [1.29, 1.82) is 0 Å². The SMILES string of the molecule is CCN(CC)Cc1nc2ccccc2n1CCCN. The molecular formula is C15H24N4. The first-order chi connectivity index (χ1) is 9.30. The molecule has 0 bridgehead atoms. The van der Waals surface area contributed by atoms with E-state index in [4.69, 9.17) is 10.7 Å². The number of imidazole rings is 1. The maximum absolute atomic E-state index is 5.65. The van der Waals surface area contributed by atoms with Crippen LogP contribution in [-0.4, -0.2) is 34.1 Å². The first-order valence-electron chi connectivity index (χ1n) is 7.16. The van der Waals surface area contributed by atoms with Crippen molar-refractivity contribution in [3.63, 3.8) is 0 Å². The third-order valence-electron chi connectivity index (χ3n) is 3.58. The summed E-state index contributed by atoms with van der Waals surface area (Å²) in [7, 11) is 0. The smallest absolute Gasteiger partial charge is 0.124 e. The topological polar surface area (TPSA) is 47.1 Å². The van der Waals surface area contributed by atoms with Crippen LogP contribution in [0.25, 0.3) is 11.0 Å². The number of hydrogen-bond acceptors (Lipinski definition) is 3. The number of rotatable bonds is 7. The van der Waals surface area contributed by atoms with Crippen molar-refractivity contribution in [2.75, 3.05) is 19.6 Å². The lowest BCUT2D eigenvalue weighted by atomic mass is 10.3. The van der Waals surface area contributed by atoms with E-state index in [9.17, 15) is 0 Å². The molecule has 0 aliphatic heterocycles. The molecule has 1 aromatic heterocycles. The van der Waals surface area contributed by atoms with Crippen LogP contribution >= 0.6 is 0 Å². The molecule has 0 atom stereocenters. The second-order valence-electron chi connectivity index (χ2n) is 4.77. The van der Waals surface area contributed by atoms with Gasteiger partial charge in [0, 0.05) is 6.54 Å². The van der Waals surface area contributed by atoms with Gasteiger partial charge >= 0.3 is 0 Å². The van der Waals surface area contributed by atoms with Crippen LogP contribution in [0.15, 0.2) is 24.3 Å². The second-order valence-corrected chi connectivity index (χ2v) is 4.77. The van der Waals surface area contributed by atoms with Crippen LogP contribution < -0.4 is 5.73 Å². The van der Waals surface area contributed by atoms with E-state index in [2.05, 4.69) is 41.5 Å². The zero-order valence-electron chi connectivity index (χ0n) is 12.0. The fourth-order valence-corrected chi connectivity index (χ4v) is 2.39. The number of para-hydroxylation sites is 2. The molecule has 0 unspecified atom stereocenters. The number of benzene rings is 1. The lowest BCUT2D eigenvalue weighted by molar-refractivity contribution is 0.284. The van der Waals surface area contributed by atoms with Crippen molar-refractivity contribution in [2.45, 2.75) is 33.4 Å². The van der Waals surface area contributed by atoms with Crippen LogP contribution in [0.3, 0.4) is 0 Å². The van der Waals surface area contributed by atoms with Crippen LogP contribution in [0.4, 0.5) is 0 Å². The van der Waals surface area contributed by atoms with E-state index in [1.54, 1.807) is 0 Å². The number of nitrogens with zero attached hydrogens (tertiary/aromatic N) is 3. The van der Waals surface area contributed by atoms with Crippen LogP contribution in [0.2, 0.25) is 0 Å².